The standard InChI is InChI=1S/C8H7NO3/c10-7(8-11-5-6-12-8)9-3-1-2-4-9/h1-6,8H. The van der Waals surface area contributed by atoms with Gasteiger partial charge in [-0.1, -0.05) is 0 Å². The summed E-state index contributed by atoms with van der Waals surface area (Å²) in [5.41, 5.74) is 0. The Bertz CT molecular complexity index is 294. The molecule has 4 nitrogen and oxygen atoms in total. The van der Waals surface area contributed by atoms with Crippen LogP contribution in [0.3, 0.4) is 0 Å². The molecule has 0 N–H and O–H groups in total. The lowest BCUT2D eigenvalue weighted by molar-refractivity contribution is -0.0136. The highest BCUT2D eigenvalue weighted by Gasteiger charge is 2.23. The first-order chi connectivity index (χ1) is 5.88. The highest BCUT2D eigenvalue weighted by Crippen LogP contribution is 2.07. The topological polar surface area (TPSA) is 40.5 Å². The van der Waals surface area contributed by atoms with Crippen LogP contribution in [0.5, 0.6) is 0 Å². The Balaban J connectivity index is 2.11. The van der Waals surface area contributed by atoms with Gasteiger partial charge >= 0.3 is 12.2 Å². The second-order valence-corrected chi connectivity index (χ2v) is 2.30. The molecule has 1 aromatic heterocycles. The summed E-state index contributed by atoms with van der Waals surface area (Å²) < 4.78 is 11.1. The van der Waals surface area contributed by atoms with Gasteiger partial charge in [-0.3, -0.25) is 9.36 Å². The Kier molecular flexibility index (Phi) is 1.59. The van der Waals surface area contributed by atoms with Crippen molar-refractivity contribution in [2.45, 2.75) is 6.29 Å². The Morgan fingerprint density at radius 2 is 1.75 bits per heavy atom. The maximum absolute atomic E-state index is 11.4. The lowest BCUT2D eigenvalue weighted by atomic mass is 10.5. The molecule has 2 heterocycles. The molecule has 0 radical (unpaired) electrons. The van der Waals surface area contributed by atoms with Crippen molar-refractivity contribution in [1.29, 1.82) is 0 Å². The molecule has 0 aliphatic carbocycles. The number of rotatable bonds is 1. The number of hydrogen-bond acceptors (Lipinski definition) is 3. The monoisotopic (exact) mass is 165 g/mol. The first-order valence-electron chi connectivity index (χ1n) is 3.51. The minimum absolute atomic E-state index is 0.231. The van der Waals surface area contributed by atoms with E-state index in [1.807, 2.05) is 0 Å². The molecular formula is C8H7NO3. The molecule has 0 aromatic carbocycles. The second-order valence-electron chi connectivity index (χ2n) is 2.30. The maximum atomic E-state index is 11.4. The molecule has 0 bridgehead atoms. The average Bonchev–Trinajstić information content (AvgIpc) is 2.77. The van der Waals surface area contributed by atoms with E-state index in [9.17, 15) is 4.79 Å². The Hall–Kier alpha value is -1.71. The molecule has 0 amide bonds. The molecule has 0 spiro atoms. The molecule has 62 valence electrons. The van der Waals surface area contributed by atoms with E-state index < -0.39 is 6.29 Å². The van der Waals surface area contributed by atoms with E-state index in [1.165, 1.54) is 17.1 Å². The molecule has 0 unspecified atom stereocenters. The number of aromatic nitrogens is 1. The number of nitrogens with zero attached hydrogens (tertiary/aromatic N) is 1. The molecular weight excluding hydrogens is 158 g/mol. The molecule has 0 saturated carbocycles. The van der Waals surface area contributed by atoms with Gasteiger partial charge in [0.1, 0.15) is 12.5 Å². The van der Waals surface area contributed by atoms with Crippen molar-refractivity contribution in [3.05, 3.63) is 37.1 Å². The van der Waals surface area contributed by atoms with Crippen LogP contribution < -0.4 is 0 Å². The van der Waals surface area contributed by atoms with Crippen molar-refractivity contribution in [3.8, 4) is 0 Å². The predicted molar refractivity (Wildman–Crippen MR) is 40.2 cm³/mol. The quantitative estimate of drug-likeness (QED) is 0.622. The van der Waals surface area contributed by atoms with Gasteiger partial charge < -0.3 is 9.47 Å². The number of ether oxygens (including phenoxy) is 2. The van der Waals surface area contributed by atoms with Crippen molar-refractivity contribution >= 4 is 5.91 Å². The zero-order valence-corrected chi connectivity index (χ0v) is 6.21. The van der Waals surface area contributed by atoms with Crippen LogP contribution in [0.15, 0.2) is 37.1 Å². The summed E-state index contributed by atoms with van der Waals surface area (Å²) in [4.78, 5) is 11.4. The molecule has 0 saturated heterocycles. The fourth-order valence-electron chi connectivity index (χ4n) is 0.959. The Morgan fingerprint density at radius 1 is 1.17 bits per heavy atom. The minimum atomic E-state index is -0.822. The normalized spacial score (nSPS) is 15.7. The predicted octanol–water partition coefficient (Wildman–Crippen LogP) is 0.972. The second kappa shape index (κ2) is 2.73. The summed E-state index contributed by atoms with van der Waals surface area (Å²) in [6.07, 6.45) is 5.18. The van der Waals surface area contributed by atoms with E-state index in [2.05, 4.69) is 0 Å². The summed E-state index contributed by atoms with van der Waals surface area (Å²) in [6.45, 7) is 0. The van der Waals surface area contributed by atoms with Gasteiger partial charge in [-0.25, -0.2) is 0 Å². The lowest BCUT2D eigenvalue weighted by Crippen LogP contribution is -2.26. The van der Waals surface area contributed by atoms with Crippen LogP contribution in [0.4, 0.5) is 0 Å². The fraction of sp³-hybridized carbons (Fsp3) is 0.125. The van der Waals surface area contributed by atoms with Crippen molar-refractivity contribution < 1.29 is 14.3 Å². The van der Waals surface area contributed by atoms with Crippen LogP contribution in [-0.4, -0.2) is 16.8 Å². The maximum Gasteiger partial charge on any atom is 0.321 e. The summed E-state index contributed by atoms with van der Waals surface area (Å²) in [7, 11) is 0. The average molecular weight is 165 g/mol. The highest BCUT2D eigenvalue weighted by molar-refractivity contribution is 5.82. The molecule has 0 atom stereocenters. The lowest BCUT2D eigenvalue weighted by Gasteiger charge is -2.08. The third-order valence-corrected chi connectivity index (χ3v) is 1.52. The summed E-state index contributed by atoms with van der Waals surface area (Å²) in [5, 5.41) is 0. The fourth-order valence-corrected chi connectivity index (χ4v) is 0.959. The molecule has 4 heteroatoms. The van der Waals surface area contributed by atoms with E-state index in [0.29, 0.717) is 0 Å². The summed E-state index contributed by atoms with van der Waals surface area (Å²) >= 11 is 0. The number of hydrogen-bond donors (Lipinski definition) is 0. The smallest absolute Gasteiger partial charge is 0.321 e. The van der Waals surface area contributed by atoms with E-state index >= 15 is 0 Å². The summed E-state index contributed by atoms with van der Waals surface area (Å²) in [6, 6.07) is 3.53. The third-order valence-electron chi connectivity index (χ3n) is 1.52. The van der Waals surface area contributed by atoms with Crippen LogP contribution in [0, 0.1) is 0 Å². The third kappa shape index (κ3) is 1.07. The molecule has 1 aromatic rings. The molecule has 12 heavy (non-hydrogen) atoms. The van der Waals surface area contributed by atoms with Gasteiger partial charge in [0.25, 0.3) is 0 Å². The van der Waals surface area contributed by atoms with Crippen LogP contribution in [0.2, 0.25) is 0 Å². The first-order valence-corrected chi connectivity index (χ1v) is 3.51. The van der Waals surface area contributed by atoms with E-state index in [4.69, 9.17) is 9.47 Å². The highest BCUT2D eigenvalue weighted by atomic mass is 16.7. The summed E-state index contributed by atoms with van der Waals surface area (Å²) in [5.74, 6) is -0.231. The van der Waals surface area contributed by atoms with Gasteiger partial charge in [0, 0.05) is 12.4 Å². The van der Waals surface area contributed by atoms with E-state index in [0.717, 1.165) is 0 Å². The Morgan fingerprint density at radius 3 is 2.33 bits per heavy atom. The van der Waals surface area contributed by atoms with Crippen LogP contribution >= 0.6 is 0 Å². The van der Waals surface area contributed by atoms with Crippen molar-refractivity contribution in [1.82, 2.24) is 4.57 Å². The van der Waals surface area contributed by atoms with Gasteiger partial charge in [0.2, 0.25) is 0 Å². The zero-order chi connectivity index (χ0) is 8.39. The van der Waals surface area contributed by atoms with Crippen molar-refractivity contribution in [2.75, 3.05) is 0 Å². The Labute approximate surface area is 69.0 Å². The van der Waals surface area contributed by atoms with E-state index in [1.54, 1.807) is 24.5 Å². The van der Waals surface area contributed by atoms with Gasteiger partial charge in [-0.05, 0) is 12.1 Å². The largest absolute Gasteiger partial charge is 0.451 e. The van der Waals surface area contributed by atoms with Gasteiger partial charge in [0.15, 0.2) is 0 Å². The zero-order valence-electron chi connectivity index (χ0n) is 6.21. The van der Waals surface area contributed by atoms with Crippen LogP contribution in [-0.2, 0) is 9.47 Å². The number of carbonyl (C=O) groups excluding carboxylic acids is 1. The van der Waals surface area contributed by atoms with Crippen molar-refractivity contribution in [2.24, 2.45) is 0 Å². The van der Waals surface area contributed by atoms with Crippen LogP contribution in [0.1, 0.15) is 4.79 Å². The van der Waals surface area contributed by atoms with Crippen molar-refractivity contribution in [3.63, 3.8) is 0 Å². The molecule has 2 rings (SSSR count). The minimum Gasteiger partial charge on any atom is -0.451 e. The molecule has 1 aliphatic rings. The molecule has 0 fully saturated rings. The molecule has 1 aliphatic heterocycles. The first kappa shape index (κ1) is 6.97. The van der Waals surface area contributed by atoms with Gasteiger partial charge in [-0.15, -0.1) is 0 Å². The number of carbonyl (C=O) groups is 1. The van der Waals surface area contributed by atoms with Gasteiger partial charge in [0.05, 0.1) is 0 Å². The van der Waals surface area contributed by atoms with Crippen LogP contribution in [0.25, 0.3) is 0 Å². The van der Waals surface area contributed by atoms with E-state index in [-0.39, 0.29) is 5.91 Å². The SMILES string of the molecule is O=C(C1OC=CO1)n1cccc1. The van der Waals surface area contributed by atoms with Gasteiger partial charge in [-0.2, -0.15) is 0 Å².